The molecule has 5 heteroatoms. The second-order valence-corrected chi connectivity index (χ2v) is 4.97. The largest absolute Gasteiger partial charge is 0.381 e. The summed E-state index contributed by atoms with van der Waals surface area (Å²) in [6, 6.07) is 5.87. The number of carbonyl (C=O) groups is 1. The molecule has 0 unspecified atom stereocenters. The number of ether oxygens (including phenoxy) is 1. The molecule has 1 aromatic carbocycles. The summed E-state index contributed by atoms with van der Waals surface area (Å²) in [6.45, 7) is 5.13. The number of halogens is 1. The van der Waals surface area contributed by atoms with E-state index in [1.54, 1.807) is 0 Å². The van der Waals surface area contributed by atoms with Crippen LogP contribution in [-0.4, -0.2) is 24.7 Å². The average molecular weight is 285 g/mol. The van der Waals surface area contributed by atoms with Crippen molar-refractivity contribution in [3.8, 4) is 0 Å². The average Bonchev–Trinajstić information content (AvgIpc) is 2.36. The number of amides is 1. The highest BCUT2D eigenvalue weighted by Crippen LogP contribution is 2.23. The molecule has 1 aliphatic rings. The van der Waals surface area contributed by atoms with Crippen LogP contribution in [0.4, 0.5) is 5.69 Å². The number of anilines is 1. The zero-order chi connectivity index (χ0) is 13.2. The van der Waals surface area contributed by atoms with E-state index < -0.39 is 5.54 Å². The number of benzene rings is 1. The van der Waals surface area contributed by atoms with Crippen molar-refractivity contribution >= 4 is 24.0 Å². The van der Waals surface area contributed by atoms with Gasteiger partial charge in [0.25, 0.3) is 0 Å². The van der Waals surface area contributed by atoms with Crippen molar-refractivity contribution in [3.63, 3.8) is 0 Å². The van der Waals surface area contributed by atoms with Crippen LogP contribution in [0.1, 0.15) is 24.0 Å². The fourth-order valence-electron chi connectivity index (χ4n) is 2.10. The summed E-state index contributed by atoms with van der Waals surface area (Å²) < 4.78 is 5.25. The van der Waals surface area contributed by atoms with Crippen LogP contribution < -0.4 is 11.1 Å². The molecule has 3 N–H and O–H groups in total. The third-order valence-corrected chi connectivity index (χ3v) is 3.69. The highest BCUT2D eigenvalue weighted by atomic mass is 35.5. The van der Waals surface area contributed by atoms with E-state index in [0.717, 1.165) is 16.8 Å². The minimum atomic E-state index is -0.797. The molecule has 4 nitrogen and oxygen atoms in total. The first-order chi connectivity index (χ1) is 8.53. The van der Waals surface area contributed by atoms with Crippen LogP contribution in [0.2, 0.25) is 0 Å². The molecule has 1 aliphatic heterocycles. The van der Waals surface area contributed by atoms with Crippen LogP contribution in [0.3, 0.4) is 0 Å². The van der Waals surface area contributed by atoms with Gasteiger partial charge in [-0.2, -0.15) is 0 Å². The molecule has 0 bridgehead atoms. The summed E-state index contributed by atoms with van der Waals surface area (Å²) in [5.74, 6) is -0.112. The molecule has 0 aromatic heterocycles. The third-order valence-electron chi connectivity index (χ3n) is 3.69. The monoisotopic (exact) mass is 284 g/mol. The van der Waals surface area contributed by atoms with Crippen molar-refractivity contribution in [3.05, 3.63) is 29.3 Å². The second-order valence-electron chi connectivity index (χ2n) is 4.97. The minimum Gasteiger partial charge on any atom is -0.381 e. The van der Waals surface area contributed by atoms with Gasteiger partial charge in [-0.1, -0.05) is 12.1 Å². The fourth-order valence-corrected chi connectivity index (χ4v) is 2.10. The van der Waals surface area contributed by atoms with Gasteiger partial charge in [-0.3, -0.25) is 4.79 Å². The van der Waals surface area contributed by atoms with Crippen molar-refractivity contribution in [1.82, 2.24) is 0 Å². The number of aryl methyl sites for hydroxylation is 1. The molecule has 19 heavy (non-hydrogen) atoms. The number of nitrogens with two attached hydrogens (primary N) is 1. The number of nitrogens with one attached hydrogen (secondary N) is 1. The van der Waals surface area contributed by atoms with Gasteiger partial charge < -0.3 is 15.8 Å². The Morgan fingerprint density at radius 3 is 2.58 bits per heavy atom. The van der Waals surface area contributed by atoms with Gasteiger partial charge in [-0.15, -0.1) is 12.4 Å². The van der Waals surface area contributed by atoms with E-state index in [4.69, 9.17) is 10.5 Å². The maximum absolute atomic E-state index is 12.3. The lowest BCUT2D eigenvalue weighted by Crippen LogP contribution is -2.54. The van der Waals surface area contributed by atoms with E-state index in [0.29, 0.717) is 26.1 Å². The molecule has 0 aliphatic carbocycles. The predicted octanol–water partition coefficient (Wildman–Crippen LogP) is 2.17. The van der Waals surface area contributed by atoms with Gasteiger partial charge in [0.05, 0.1) is 0 Å². The van der Waals surface area contributed by atoms with Crippen molar-refractivity contribution < 1.29 is 9.53 Å². The maximum Gasteiger partial charge on any atom is 0.244 e. The van der Waals surface area contributed by atoms with Crippen LogP contribution in [0.25, 0.3) is 0 Å². The van der Waals surface area contributed by atoms with Crippen LogP contribution in [-0.2, 0) is 9.53 Å². The maximum atomic E-state index is 12.3. The summed E-state index contributed by atoms with van der Waals surface area (Å²) in [7, 11) is 0. The Balaban J connectivity index is 0.00000180. The molecule has 106 valence electrons. The van der Waals surface area contributed by atoms with Gasteiger partial charge >= 0.3 is 0 Å². The molecule has 1 fully saturated rings. The predicted molar refractivity (Wildman–Crippen MR) is 78.8 cm³/mol. The third kappa shape index (κ3) is 3.47. The van der Waals surface area contributed by atoms with E-state index in [-0.39, 0.29) is 18.3 Å². The number of carbonyl (C=O) groups excluding carboxylic acids is 1. The van der Waals surface area contributed by atoms with E-state index in [1.807, 2.05) is 32.0 Å². The normalized spacial score (nSPS) is 17.4. The summed E-state index contributed by atoms with van der Waals surface area (Å²) in [5, 5.41) is 2.94. The van der Waals surface area contributed by atoms with E-state index >= 15 is 0 Å². The summed E-state index contributed by atoms with van der Waals surface area (Å²) in [4.78, 5) is 12.3. The van der Waals surface area contributed by atoms with Crippen LogP contribution in [0.5, 0.6) is 0 Å². The second kappa shape index (κ2) is 6.37. The Morgan fingerprint density at radius 1 is 1.32 bits per heavy atom. The fraction of sp³-hybridized carbons (Fsp3) is 0.500. The molecule has 1 amide bonds. The molecular formula is C14H21ClN2O2. The first-order valence-corrected chi connectivity index (χ1v) is 6.27. The highest BCUT2D eigenvalue weighted by Gasteiger charge is 2.36. The Bertz CT molecular complexity index is 457. The van der Waals surface area contributed by atoms with Crippen molar-refractivity contribution in [2.24, 2.45) is 5.73 Å². The Morgan fingerprint density at radius 2 is 1.95 bits per heavy atom. The van der Waals surface area contributed by atoms with Gasteiger partial charge in [0.1, 0.15) is 5.54 Å². The van der Waals surface area contributed by atoms with Gasteiger partial charge in [-0.05, 0) is 43.9 Å². The van der Waals surface area contributed by atoms with E-state index in [2.05, 4.69) is 5.32 Å². The zero-order valence-corrected chi connectivity index (χ0v) is 12.2. The van der Waals surface area contributed by atoms with Crippen LogP contribution >= 0.6 is 12.4 Å². The molecule has 1 aromatic rings. The van der Waals surface area contributed by atoms with Crippen molar-refractivity contribution in [1.29, 1.82) is 0 Å². The molecule has 0 atom stereocenters. The van der Waals surface area contributed by atoms with Gasteiger partial charge in [0, 0.05) is 18.9 Å². The molecule has 1 saturated heterocycles. The molecule has 1 heterocycles. The quantitative estimate of drug-likeness (QED) is 0.875. The summed E-state index contributed by atoms with van der Waals surface area (Å²) >= 11 is 0. The zero-order valence-electron chi connectivity index (χ0n) is 11.4. The van der Waals surface area contributed by atoms with Gasteiger partial charge in [0.15, 0.2) is 0 Å². The molecule has 0 radical (unpaired) electrons. The van der Waals surface area contributed by atoms with Gasteiger partial charge in [-0.25, -0.2) is 0 Å². The number of hydrogen-bond acceptors (Lipinski definition) is 3. The van der Waals surface area contributed by atoms with Gasteiger partial charge in [0.2, 0.25) is 5.91 Å². The lowest BCUT2D eigenvalue weighted by Gasteiger charge is -2.32. The Kier molecular flexibility index (Phi) is 5.35. The first-order valence-electron chi connectivity index (χ1n) is 6.27. The smallest absolute Gasteiger partial charge is 0.244 e. The van der Waals surface area contributed by atoms with E-state index in [9.17, 15) is 4.79 Å². The summed E-state index contributed by atoms with van der Waals surface area (Å²) in [6.07, 6.45) is 1.15. The van der Waals surface area contributed by atoms with Crippen molar-refractivity contribution in [2.75, 3.05) is 18.5 Å². The Labute approximate surface area is 120 Å². The minimum absolute atomic E-state index is 0. The number of rotatable bonds is 2. The van der Waals surface area contributed by atoms with E-state index in [1.165, 1.54) is 0 Å². The lowest BCUT2D eigenvalue weighted by atomic mass is 9.90. The molecule has 0 spiro atoms. The SMILES string of the molecule is Cc1cccc(NC(=O)C2(N)CCOCC2)c1C.Cl. The first kappa shape index (κ1) is 16.0. The number of hydrogen-bond donors (Lipinski definition) is 2. The van der Waals surface area contributed by atoms with Crippen LogP contribution in [0.15, 0.2) is 18.2 Å². The topological polar surface area (TPSA) is 64.4 Å². The molecule has 2 rings (SSSR count). The lowest BCUT2D eigenvalue weighted by molar-refractivity contribution is -0.124. The highest BCUT2D eigenvalue weighted by molar-refractivity contribution is 5.98. The molecule has 0 saturated carbocycles. The Hall–Kier alpha value is -1.10. The van der Waals surface area contributed by atoms with Crippen LogP contribution in [0, 0.1) is 13.8 Å². The molecular weight excluding hydrogens is 264 g/mol. The summed E-state index contributed by atoms with van der Waals surface area (Å²) in [5.41, 5.74) is 8.44. The van der Waals surface area contributed by atoms with Crippen molar-refractivity contribution in [2.45, 2.75) is 32.2 Å². The standard InChI is InChI=1S/C14H20N2O2.ClH/c1-10-4-3-5-12(11(10)2)16-13(17)14(15)6-8-18-9-7-14;/h3-5H,6-9,15H2,1-2H3,(H,16,17);1H.